The van der Waals surface area contributed by atoms with Crippen molar-refractivity contribution in [2.45, 2.75) is 18.4 Å². The summed E-state index contributed by atoms with van der Waals surface area (Å²) in [6.07, 6.45) is 0. The molecule has 0 fully saturated rings. The second kappa shape index (κ2) is 11.1. The van der Waals surface area contributed by atoms with Crippen LogP contribution in [0.2, 0.25) is 0 Å². The lowest BCUT2D eigenvalue weighted by Crippen LogP contribution is -2.41. The van der Waals surface area contributed by atoms with E-state index in [0.717, 1.165) is 17.4 Å². The maximum absolute atomic E-state index is 12.3. The predicted molar refractivity (Wildman–Crippen MR) is 114 cm³/mol. The molecule has 0 saturated heterocycles. The Kier molecular flexibility index (Phi) is 8.56. The number of rotatable bonds is 10. The van der Waals surface area contributed by atoms with Gasteiger partial charge in [0, 0.05) is 31.8 Å². The van der Waals surface area contributed by atoms with E-state index in [1.807, 2.05) is 31.2 Å². The number of hydrogen-bond donors (Lipinski definition) is 3. The summed E-state index contributed by atoms with van der Waals surface area (Å²) in [4.78, 5) is 14.5. The minimum absolute atomic E-state index is 0.0780. The lowest BCUT2D eigenvalue weighted by atomic mass is 10.2. The van der Waals surface area contributed by atoms with Crippen molar-refractivity contribution in [3.8, 4) is 5.75 Å². The molecule has 30 heavy (non-hydrogen) atoms. The van der Waals surface area contributed by atoms with Gasteiger partial charge in [0.2, 0.25) is 10.0 Å². The summed E-state index contributed by atoms with van der Waals surface area (Å²) in [5, 5.41) is 17.0. The zero-order valence-corrected chi connectivity index (χ0v) is 17.6. The number of benzene rings is 2. The van der Waals surface area contributed by atoms with E-state index in [0.29, 0.717) is 19.0 Å². The molecule has 2 aromatic rings. The molecule has 2 rings (SSSR count). The largest absolute Gasteiger partial charge is 0.497 e. The monoisotopic (exact) mass is 435 g/mol. The summed E-state index contributed by atoms with van der Waals surface area (Å²) >= 11 is 0. The molecule has 3 N–H and O–H groups in total. The Balaban J connectivity index is 1.92. The molecule has 0 radical (unpaired) electrons. The van der Waals surface area contributed by atoms with Crippen molar-refractivity contribution in [3.05, 3.63) is 64.2 Å². The van der Waals surface area contributed by atoms with Gasteiger partial charge in [0.25, 0.3) is 5.69 Å². The van der Waals surface area contributed by atoms with Crippen molar-refractivity contribution < 1.29 is 18.1 Å². The predicted octanol–water partition coefficient (Wildman–Crippen LogP) is 1.64. The molecule has 11 heteroatoms. The molecule has 0 saturated carbocycles. The maximum atomic E-state index is 12.3. The lowest BCUT2D eigenvalue weighted by molar-refractivity contribution is -0.385. The maximum Gasteiger partial charge on any atom is 0.270 e. The van der Waals surface area contributed by atoms with Crippen molar-refractivity contribution in [1.82, 2.24) is 15.4 Å². The van der Waals surface area contributed by atoms with Gasteiger partial charge in [0.15, 0.2) is 5.96 Å². The van der Waals surface area contributed by atoms with Gasteiger partial charge in [-0.1, -0.05) is 18.2 Å². The number of sulfonamides is 1. The fraction of sp³-hybridized carbons (Fsp3) is 0.316. The van der Waals surface area contributed by atoms with E-state index in [-0.39, 0.29) is 23.7 Å². The van der Waals surface area contributed by atoms with Gasteiger partial charge in [-0.3, -0.25) is 10.1 Å². The number of non-ortho nitro benzene ring substituents is 1. The van der Waals surface area contributed by atoms with Crippen LogP contribution in [0.5, 0.6) is 5.75 Å². The fourth-order valence-electron chi connectivity index (χ4n) is 2.50. The Morgan fingerprint density at radius 3 is 2.60 bits per heavy atom. The van der Waals surface area contributed by atoms with Gasteiger partial charge in [-0.15, -0.1) is 0 Å². The van der Waals surface area contributed by atoms with Crippen LogP contribution < -0.4 is 20.1 Å². The van der Waals surface area contributed by atoms with Crippen molar-refractivity contribution in [2.24, 2.45) is 4.99 Å². The summed E-state index contributed by atoms with van der Waals surface area (Å²) in [5.74, 6) is 1.28. The van der Waals surface area contributed by atoms with Crippen LogP contribution >= 0.6 is 0 Å². The normalized spacial score (nSPS) is 11.7. The van der Waals surface area contributed by atoms with Gasteiger partial charge < -0.3 is 15.4 Å². The highest BCUT2D eigenvalue weighted by molar-refractivity contribution is 7.89. The number of nitrogens with zero attached hydrogens (tertiary/aromatic N) is 2. The molecule has 162 valence electrons. The Morgan fingerprint density at radius 2 is 1.90 bits per heavy atom. The molecule has 0 spiro atoms. The summed E-state index contributed by atoms with van der Waals surface area (Å²) in [7, 11) is -2.26. The molecule has 0 unspecified atom stereocenters. The minimum Gasteiger partial charge on any atom is -0.497 e. The van der Waals surface area contributed by atoms with Gasteiger partial charge in [0.05, 0.1) is 23.5 Å². The molecule has 2 aromatic carbocycles. The second-order valence-corrected chi connectivity index (χ2v) is 7.89. The highest BCUT2D eigenvalue weighted by Gasteiger charge is 2.17. The lowest BCUT2D eigenvalue weighted by Gasteiger charge is -2.12. The molecule has 10 nitrogen and oxygen atoms in total. The first kappa shape index (κ1) is 23.1. The van der Waals surface area contributed by atoms with E-state index in [4.69, 9.17) is 4.74 Å². The number of ether oxygens (including phenoxy) is 1. The number of nitro benzene ring substituents is 1. The second-order valence-electron chi connectivity index (χ2n) is 6.13. The molecule has 0 bridgehead atoms. The first-order chi connectivity index (χ1) is 14.4. The molecular weight excluding hydrogens is 410 g/mol. The van der Waals surface area contributed by atoms with E-state index in [2.05, 4.69) is 20.3 Å². The molecule has 0 atom stereocenters. The summed E-state index contributed by atoms with van der Waals surface area (Å²) in [6.45, 7) is 3.34. The Morgan fingerprint density at radius 1 is 1.13 bits per heavy atom. The van der Waals surface area contributed by atoms with Crippen LogP contribution in [0, 0.1) is 10.1 Å². The number of methoxy groups -OCH3 is 1. The Bertz CT molecular complexity index is 994. The molecule has 0 aromatic heterocycles. The fourth-order valence-corrected chi connectivity index (χ4v) is 3.57. The van der Waals surface area contributed by atoms with Crippen LogP contribution in [0.1, 0.15) is 12.5 Å². The third-order valence-electron chi connectivity index (χ3n) is 3.95. The SMILES string of the molecule is CCNC(=NCc1cccc(OC)c1)NCCNS(=O)(=O)c1cccc([N+](=O)[O-])c1. The van der Waals surface area contributed by atoms with E-state index < -0.39 is 14.9 Å². The van der Waals surface area contributed by atoms with Gasteiger partial charge in [0.1, 0.15) is 5.75 Å². The van der Waals surface area contributed by atoms with E-state index >= 15 is 0 Å². The zero-order chi connectivity index (χ0) is 22.0. The van der Waals surface area contributed by atoms with Crippen molar-refractivity contribution in [1.29, 1.82) is 0 Å². The molecule has 0 amide bonds. The van der Waals surface area contributed by atoms with Crippen molar-refractivity contribution >= 4 is 21.7 Å². The summed E-state index contributed by atoms with van der Waals surface area (Å²) in [6, 6.07) is 12.5. The number of aliphatic imine (C=N–C) groups is 1. The van der Waals surface area contributed by atoms with E-state index in [9.17, 15) is 18.5 Å². The first-order valence-electron chi connectivity index (χ1n) is 9.25. The van der Waals surface area contributed by atoms with Crippen LogP contribution in [0.25, 0.3) is 0 Å². The van der Waals surface area contributed by atoms with E-state index in [1.165, 1.54) is 18.2 Å². The molecule has 0 heterocycles. The van der Waals surface area contributed by atoms with E-state index in [1.54, 1.807) is 7.11 Å². The summed E-state index contributed by atoms with van der Waals surface area (Å²) in [5.41, 5.74) is 0.688. The average Bonchev–Trinajstić information content (AvgIpc) is 2.75. The zero-order valence-electron chi connectivity index (χ0n) is 16.8. The third kappa shape index (κ3) is 7.01. The van der Waals surface area contributed by atoms with Crippen LogP contribution in [0.4, 0.5) is 5.69 Å². The standard InChI is InChI=1S/C19H25N5O5S/c1-3-20-19(22-14-15-6-4-8-17(12-15)29-2)21-10-11-23-30(27,28)18-9-5-7-16(13-18)24(25)26/h4-9,12-13,23H,3,10-11,14H2,1-2H3,(H2,20,21,22). The molecular formula is C19H25N5O5S. The number of nitro groups is 1. The van der Waals surface area contributed by atoms with Crippen LogP contribution in [-0.2, 0) is 16.6 Å². The first-order valence-corrected chi connectivity index (χ1v) is 10.7. The minimum atomic E-state index is -3.86. The third-order valence-corrected chi connectivity index (χ3v) is 5.41. The van der Waals surface area contributed by atoms with Crippen molar-refractivity contribution in [3.63, 3.8) is 0 Å². The topological polar surface area (TPSA) is 135 Å². The van der Waals surface area contributed by atoms with Crippen molar-refractivity contribution in [2.75, 3.05) is 26.7 Å². The van der Waals surface area contributed by atoms with Gasteiger partial charge in [-0.05, 0) is 30.7 Å². The van der Waals surface area contributed by atoms with Gasteiger partial charge >= 0.3 is 0 Å². The highest BCUT2D eigenvalue weighted by Crippen LogP contribution is 2.17. The smallest absolute Gasteiger partial charge is 0.270 e. The Labute approximate surface area is 175 Å². The molecule has 0 aliphatic heterocycles. The highest BCUT2D eigenvalue weighted by atomic mass is 32.2. The van der Waals surface area contributed by atoms with Crippen LogP contribution in [0.3, 0.4) is 0 Å². The Hall–Kier alpha value is -3.18. The quantitative estimate of drug-likeness (QED) is 0.170. The number of hydrogen-bond acceptors (Lipinski definition) is 6. The van der Waals surface area contributed by atoms with Gasteiger partial charge in [-0.25, -0.2) is 18.1 Å². The number of nitrogens with one attached hydrogen (secondary N) is 3. The summed E-state index contributed by atoms with van der Waals surface area (Å²) < 4.78 is 32.3. The number of guanidine groups is 1. The molecule has 0 aliphatic rings. The molecule has 0 aliphatic carbocycles. The van der Waals surface area contributed by atoms with Gasteiger partial charge in [-0.2, -0.15) is 0 Å². The van der Waals surface area contributed by atoms with Crippen LogP contribution in [-0.4, -0.2) is 46.0 Å². The van der Waals surface area contributed by atoms with Crippen LogP contribution in [0.15, 0.2) is 58.4 Å². The average molecular weight is 436 g/mol.